The monoisotopic (exact) mass is 294 g/mol. The number of thioether (sulfide) groups is 1. The molecule has 0 saturated heterocycles. The summed E-state index contributed by atoms with van der Waals surface area (Å²) < 4.78 is 0. The van der Waals surface area contributed by atoms with E-state index in [1.165, 1.54) is 5.56 Å². The van der Waals surface area contributed by atoms with Crippen LogP contribution in [0.25, 0.3) is 0 Å². The zero-order chi connectivity index (χ0) is 15.0. The highest BCUT2D eigenvalue weighted by molar-refractivity contribution is 8.00. The van der Waals surface area contributed by atoms with Crippen LogP contribution < -0.4 is 10.6 Å². The molecule has 1 aromatic rings. The van der Waals surface area contributed by atoms with Crippen molar-refractivity contribution in [2.24, 2.45) is 0 Å². The summed E-state index contributed by atoms with van der Waals surface area (Å²) in [6.07, 6.45) is 0.971. The first-order valence-corrected chi connectivity index (χ1v) is 8.24. The van der Waals surface area contributed by atoms with Gasteiger partial charge in [0, 0.05) is 17.5 Å². The lowest BCUT2D eigenvalue weighted by molar-refractivity contribution is -0.120. The predicted octanol–water partition coefficient (Wildman–Crippen LogP) is 3.36. The molecule has 1 amide bonds. The van der Waals surface area contributed by atoms with Crippen LogP contribution in [-0.2, 0) is 4.79 Å². The van der Waals surface area contributed by atoms with Crippen molar-refractivity contribution in [3.63, 3.8) is 0 Å². The third-order valence-corrected chi connectivity index (χ3v) is 4.19. The first-order valence-electron chi connectivity index (χ1n) is 7.36. The van der Waals surface area contributed by atoms with Crippen LogP contribution in [0.2, 0.25) is 0 Å². The normalized spacial score (nSPS) is 13.8. The molecule has 0 spiro atoms. The smallest absolute Gasteiger partial charge is 0.233 e. The van der Waals surface area contributed by atoms with Gasteiger partial charge in [0.25, 0.3) is 0 Å². The summed E-state index contributed by atoms with van der Waals surface area (Å²) >= 11 is 1.61. The van der Waals surface area contributed by atoms with E-state index in [-0.39, 0.29) is 11.2 Å². The maximum absolute atomic E-state index is 11.9. The third-order valence-electron chi connectivity index (χ3n) is 3.10. The lowest BCUT2D eigenvalue weighted by Gasteiger charge is -2.15. The highest BCUT2D eigenvalue weighted by Crippen LogP contribution is 2.26. The van der Waals surface area contributed by atoms with Crippen molar-refractivity contribution in [1.29, 1.82) is 0 Å². The second-order valence-electron chi connectivity index (χ2n) is 4.90. The van der Waals surface area contributed by atoms with E-state index < -0.39 is 0 Å². The highest BCUT2D eigenvalue weighted by Gasteiger charge is 2.14. The largest absolute Gasteiger partial charge is 0.355 e. The van der Waals surface area contributed by atoms with Gasteiger partial charge in [-0.1, -0.05) is 26.0 Å². The maximum atomic E-state index is 11.9. The van der Waals surface area contributed by atoms with Crippen LogP contribution >= 0.6 is 11.8 Å². The zero-order valence-corrected chi connectivity index (χ0v) is 13.7. The van der Waals surface area contributed by atoms with Gasteiger partial charge in [-0.15, -0.1) is 11.8 Å². The summed E-state index contributed by atoms with van der Waals surface area (Å²) in [7, 11) is 0. The molecule has 3 nitrogen and oxygen atoms in total. The minimum absolute atomic E-state index is 0.0637. The van der Waals surface area contributed by atoms with E-state index in [9.17, 15) is 4.79 Å². The lowest BCUT2D eigenvalue weighted by Crippen LogP contribution is -2.31. The molecule has 20 heavy (non-hydrogen) atoms. The molecule has 112 valence electrons. The van der Waals surface area contributed by atoms with Crippen molar-refractivity contribution >= 4 is 17.7 Å². The number of hydrogen-bond donors (Lipinski definition) is 2. The fourth-order valence-corrected chi connectivity index (χ4v) is 2.89. The van der Waals surface area contributed by atoms with Gasteiger partial charge in [0.1, 0.15) is 0 Å². The second-order valence-corrected chi connectivity index (χ2v) is 6.32. The van der Waals surface area contributed by atoms with Gasteiger partial charge < -0.3 is 10.6 Å². The van der Waals surface area contributed by atoms with Crippen molar-refractivity contribution in [2.75, 3.05) is 13.1 Å². The Morgan fingerprint density at radius 2 is 2.05 bits per heavy atom. The van der Waals surface area contributed by atoms with Crippen LogP contribution in [0.3, 0.4) is 0 Å². The molecule has 0 heterocycles. The molecule has 1 aromatic carbocycles. The minimum Gasteiger partial charge on any atom is -0.355 e. The first kappa shape index (κ1) is 17.1. The Morgan fingerprint density at radius 3 is 2.70 bits per heavy atom. The molecule has 0 aromatic heterocycles. The molecule has 0 aliphatic carbocycles. The van der Waals surface area contributed by atoms with Crippen LogP contribution in [0, 0.1) is 0 Å². The van der Waals surface area contributed by atoms with Crippen molar-refractivity contribution in [3.8, 4) is 0 Å². The number of rotatable bonds is 8. The Kier molecular flexibility index (Phi) is 7.70. The number of nitrogens with one attached hydrogen (secondary N) is 2. The minimum atomic E-state index is -0.0637. The van der Waals surface area contributed by atoms with E-state index in [1.807, 2.05) is 6.92 Å². The van der Waals surface area contributed by atoms with Gasteiger partial charge in [-0.25, -0.2) is 0 Å². The molecule has 1 rings (SSSR count). The molecule has 0 saturated carbocycles. The number of hydrogen-bond acceptors (Lipinski definition) is 3. The molecule has 2 unspecified atom stereocenters. The summed E-state index contributed by atoms with van der Waals surface area (Å²) in [4.78, 5) is 13.0. The van der Waals surface area contributed by atoms with Crippen molar-refractivity contribution in [2.45, 2.75) is 50.3 Å². The third kappa shape index (κ3) is 5.55. The average Bonchev–Trinajstić information content (AvgIpc) is 2.45. The number of amides is 1. The number of carbonyl (C=O) groups excluding carboxylic acids is 1. The van der Waals surface area contributed by atoms with Gasteiger partial charge in [-0.2, -0.15) is 0 Å². The number of carbonyl (C=O) groups is 1. The molecule has 0 bridgehead atoms. The van der Waals surface area contributed by atoms with Crippen LogP contribution in [-0.4, -0.2) is 24.2 Å². The fourth-order valence-electron chi connectivity index (χ4n) is 1.93. The van der Waals surface area contributed by atoms with Gasteiger partial charge in [-0.3, -0.25) is 4.79 Å². The highest BCUT2D eigenvalue weighted by atomic mass is 32.2. The molecule has 2 atom stereocenters. The quantitative estimate of drug-likeness (QED) is 0.722. The second kappa shape index (κ2) is 9.03. The molecule has 0 aliphatic rings. The Bertz CT molecular complexity index is 423. The summed E-state index contributed by atoms with van der Waals surface area (Å²) in [5, 5.41) is 6.28. The van der Waals surface area contributed by atoms with Crippen LogP contribution in [0.4, 0.5) is 0 Å². The Balaban J connectivity index is 2.63. The van der Waals surface area contributed by atoms with E-state index in [1.54, 1.807) is 11.8 Å². The van der Waals surface area contributed by atoms with Crippen molar-refractivity contribution in [3.05, 3.63) is 29.8 Å². The summed E-state index contributed by atoms with van der Waals surface area (Å²) in [6.45, 7) is 9.98. The van der Waals surface area contributed by atoms with Crippen molar-refractivity contribution < 1.29 is 4.79 Å². The summed E-state index contributed by atoms with van der Waals surface area (Å²) in [6, 6.07) is 8.75. The predicted molar refractivity (Wildman–Crippen MR) is 87.2 cm³/mol. The molecule has 0 aliphatic heterocycles. The molecular weight excluding hydrogens is 268 g/mol. The van der Waals surface area contributed by atoms with Gasteiger partial charge in [-0.05, 0) is 44.5 Å². The Labute approximate surface area is 126 Å². The van der Waals surface area contributed by atoms with E-state index in [0.29, 0.717) is 6.04 Å². The van der Waals surface area contributed by atoms with Gasteiger partial charge in [0.15, 0.2) is 0 Å². The lowest BCUT2D eigenvalue weighted by atomic mass is 10.1. The topological polar surface area (TPSA) is 41.1 Å². The van der Waals surface area contributed by atoms with Crippen LogP contribution in [0.15, 0.2) is 29.2 Å². The van der Waals surface area contributed by atoms with E-state index in [2.05, 4.69) is 55.7 Å². The van der Waals surface area contributed by atoms with Crippen LogP contribution in [0.5, 0.6) is 0 Å². The Hall–Kier alpha value is -1.00. The van der Waals surface area contributed by atoms with E-state index in [0.717, 1.165) is 24.4 Å². The molecular formula is C16H26N2OS. The molecule has 2 N–H and O–H groups in total. The zero-order valence-electron chi connectivity index (χ0n) is 12.9. The first-order chi connectivity index (χ1) is 9.58. The molecule has 0 radical (unpaired) electrons. The molecule has 4 heteroatoms. The van der Waals surface area contributed by atoms with E-state index in [4.69, 9.17) is 0 Å². The fraction of sp³-hybridized carbons (Fsp3) is 0.562. The number of benzene rings is 1. The Morgan fingerprint density at radius 1 is 1.30 bits per heavy atom. The molecule has 0 fully saturated rings. The van der Waals surface area contributed by atoms with Crippen molar-refractivity contribution in [1.82, 2.24) is 10.6 Å². The van der Waals surface area contributed by atoms with E-state index >= 15 is 0 Å². The van der Waals surface area contributed by atoms with Crippen LogP contribution in [0.1, 0.15) is 45.7 Å². The van der Waals surface area contributed by atoms with Gasteiger partial charge in [0.05, 0.1) is 5.25 Å². The summed E-state index contributed by atoms with van der Waals surface area (Å²) in [5.41, 5.74) is 1.26. The SMILES string of the molecule is CCCNC(=O)C(C)Sc1cccc(C(C)NCC)c1. The standard InChI is InChI=1S/C16H26N2OS/c1-5-10-18-16(19)13(4)20-15-9-7-8-14(11-15)12(3)17-6-2/h7-9,11-13,17H,5-6,10H2,1-4H3,(H,18,19). The maximum Gasteiger partial charge on any atom is 0.233 e. The summed E-state index contributed by atoms with van der Waals surface area (Å²) in [5.74, 6) is 0.113. The average molecular weight is 294 g/mol. The van der Waals surface area contributed by atoms with Gasteiger partial charge in [0.2, 0.25) is 5.91 Å². The van der Waals surface area contributed by atoms with Gasteiger partial charge >= 0.3 is 0 Å².